The summed E-state index contributed by atoms with van der Waals surface area (Å²) in [4.78, 5) is 23.3. The summed E-state index contributed by atoms with van der Waals surface area (Å²) >= 11 is 0. The van der Waals surface area contributed by atoms with Crippen LogP contribution in [0.25, 0.3) is 10.8 Å². The largest absolute Gasteiger partial charge is 0.366 e. The molecule has 5 nitrogen and oxygen atoms in total. The summed E-state index contributed by atoms with van der Waals surface area (Å²) in [5.74, 6) is -0.755. The fourth-order valence-corrected chi connectivity index (χ4v) is 2.05. The van der Waals surface area contributed by atoms with E-state index in [9.17, 15) is 9.59 Å². The zero-order valence-electron chi connectivity index (χ0n) is 11.2. The van der Waals surface area contributed by atoms with E-state index in [-0.39, 0.29) is 19.1 Å². The van der Waals surface area contributed by atoms with Crippen LogP contribution < -0.4 is 11.1 Å². The van der Waals surface area contributed by atoms with Crippen molar-refractivity contribution in [3.05, 3.63) is 47.5 Å². The lowest BCUT2D eigenvalue weighted by Crippen LogP contribution is -2.28. The van der Waals surface area contributed by atoms with Crippen molar-refractivity contribution in [2.24, 2.45) is 5.73 Å². The Bertz CT molecular complexity index is 653. The minimum Gasteiger partial charge on any atom is -0.366 e. The quantitative estimate of drug-likeness (QED) is 0.802. The van der Waals surface area contributed by atoms with Gasteiger partial charge in [-0.3, -0.25) is 9.59 Å². The minimum atomic E-state index is -0.537. The second-order valence-electron chi connectivity index (χ2n) is 4.43. The van der Waals surface area contributed by atoms with E-state index >= 15 is 0 Å². The molecule has 0 saturated carbocycles. The summed E-state index contributed by atoms with van der Waals surface area (Å²) in [5, 5.41) is 4.47. The molecule has 0 aliphatic heterocycles. The lowest BCUT2D eigenvalue weighted by atomic mass is 9.98. The Kier molecular flexibility index (Phi) is 4.32. The molecule has 0 bridgehead atoms. The average molecular weight is 272 g/mol. The van der Waals surface area contributed by atoms with Gasteiger partial charge in [0.05, 0.1) is 6.42 Å². The number of benzene rings is 2. The first-order chi connectivity index (χ1) is 9.61. The van der Waals surface area contributed by atoms with E-state index in [2.05, 4.69) is 5.32 Å². The van der Waals surface area contributed by atoms with Crippen molar-refractivity contribution in [3.8, 4) is 0 Å². The van der Waals surface area contributed by atoms with Gasteiger partial charge >= 0.3 is 0 Å². The highest BCUT2D eigenvalue weighted by Crippen LogP contribution is 2.20. The fourth-order valence-electron chi connectivity index (χ4n) is 2.05. The molecule has 0 spiro atoms. The Labute approximate surface area is 116 Å². The smallest absolute Gasteiger partial charge is 0.249 e. The molecule has 0 fully saturated rings. The molecular formula is C15H16N2O3. The number of ether oxygens (including phenoxy) is 1. The summed E-state index contributed by atoms with van der Waals surface area (Å²) < 4.78 is 4.77. The zero-order chi connectivity index (χ0) is 14.5. The van der Waals surface area contributed by atoms with Gasteiger partial charge in [0.2, 0.25) is 11.8 Å². The van der Waals surface area contributed by atoms with Gasteiger partial charge in [0.15, 0.2) is 0 Å². The van der Waals surface area contributed by atoms with Gasteiger partial charge in [-0.2, -0.15) is 0 Å². The molecule has 0 atom stereocenters. The van der Waals surface area contributed by atoms with Gasteiger partial charge < -0.3 is 15.8 Å². The fraction of sp³-hybridized carbons (Fsp3) is 0.200. The molecular weight excluding hydrogens is 256 g/mol. The number of carbonyl (C=O) groups is 2. The van der Waals surface area contributed by atoms with Crippen molar-refractivity contribution in [2.75, 3.05) is 13.8 Å². The van der Waals surface area contributed by atoms with E-state index in [1.165, 1.54) is 7.11 Å². The lowest BCUT2D eigenvalue weighted by molar-refractivity contribution is -0.121. The van der Waals surface area contributed by atoms with Gasteiger partial charge in [0, 0.05) is 12.7 Å². The van der Waals surface area contributed by atoms with E-state index in [0.29, 0.717) is 11.1 Å². The van der Waals surface area contributed by atoms with Crippen LogP contribution in [0.5, 0.6) is 0 Å². The molecule has 0 unspecified atom stereocenters. The number of primary amides is 1. The molecule has 5 heteroatoms. The van der Waals surface area contributed by atoms with E-state index in [1.54, 1.807) is 6.07 Å². The standard InChI is InChI=1S/C15H16N2O3/c1-20-9-17-14(18)8-12-6-10-4-2-3-5-11(10)7-13(12)15(16)19/h2-7H,8-9H2,1H3,(H2,16,19)(H,17,18). The zero-order valence-corrected chi connectivity index (χ0v) is 11.2. The molecule has 2 amide bonds. The monoisotopic (exact) mass is 272 g/mol. The number of nitrogens with one attached hydrogen (secondary N) is 1. The number of rotatable bonds is 5. The van der Waals surface area contributed by atoms with E-state index < -0.39 is 5.91 Å². The third kappa shape index (κ3) is 3.13. The van der Waals surface area contributed by atoms with Crippen LogP contribution in [0.2, 0.25) is 0 Å². The summed E-state index contributed by atoms with van der Waals surface area (Å²) in [6, 6.07) is 11.2. The maximum absolute atomic E-state index is 11.7. The number of carbonyl (C=O) groups excluding carboxylic acids is 2. The summed E-state index contributed by atoms with van der Waals surface area (Å²) in [5.41, 5.74) is 6.37. The summed E-state index contributed by atoms with van der Waals surface area (Å²) in [6.45, 7) is 0.137. The number of hydrogen-bond acceptors (Lipinski definition) is 3. The highest BCUT2D eigenvalue weighted by atomic mass is 16.5. The molecule has 2 aromatic carbocycles. The lowest BCUT2D eigenvalue weighted by Gasteiger charge is -2.09. The highest BCUT2D eigenvalue weighted by Gasteiger charge is 2.13. The second-order valence-corrected chi connectivity index (χ2v) is 4.43. The van der Waals surface area contributed by atoms with Crippen LogP contribution in [-0.2, 0) is 16.0 Å². The normalized spacial score (nSPS) is 10.4. The Morgan fingerprint density at radius 3 is 2.45 bits per heavy atom. The molecule has 0 aromatic heterocycles. The van der Waals surface area contributed by atoms with Crippen LogP contribution in [0.15, 0.2) is 36.4 Å². The number of amides is 2. The SMILES string of the molecule is COCNC(=O)Cc1cc2ccccc2cc1C(N)=O. The van der Waals surface area contributed by atoms with Gasteiger partial charge in [-0.05, 0) is 28.5 Å². The third-order valence-electron chi connectivity index (χ3n) is 3.00. The molecule has 0 heterocycles. The number of methoxy groups -OCH3 is 1. The molecule has 2 rings (SSSR count). The second kappa shape index (κ2) is 6.16. The van der Waals surface area contributed by atoms with Crippen LogP contribution >= 0.6 is 0 Å². The maximum Gasteiger partial charge on any atom is 0.249 e. The third-order valence-corrected chi connectivity index (χ3v) is 3.00. The average Bonchev–Trinajstić information content (AvgIpc) is 2.44. The van der Waals surface area contributed by atoms with Crippen LogP contribution in [-0.4, -0.2) is 25.7 Å². The molecule has 3 N–H and O–H groups in total. The van der Waals surface area contributed by atoms with Crippen molar-refractivity contribution in [2.45, 2.75) is 6.42 Å². The first-order valence-electron chi connectivity index (χ1n) is 6.19. The minimum absolute atomic E-state index is 0.0897. The predicted molar refractivity (Wildman–Crippen MR) is 76.2 cm³/mol. The van der Waals surface area contributed by atoms with Crippen LogP contribution in [0.3, 0.4) is 0 Å². The summed E-state index contributed by atoms with van der Waals surface area (Å²) in [7, 11) is 1.49. The molecule has 0 saturated heterocycles. The Balaban J connectivity index is 2.37. The maximum atomic E-state index is 11.7. The predicted octanol–water partition coefficient (Wildman–Crippen LogP) is 1.20. The van der Waals surface area contributed by atoms with Crippen molar-refractivity contribution < 1.29 is 14.3 Å². The molecule has 0 radical (unpaired) electrons. The van der Waals surface area contributed by atoms with E-state index in [0.717, 1.165) is 10.8 Å². The van der Waals surface area contributed by atoms with E-state index in [1.807, 2.05) is 30.3 Å². The molecule has 2 aromatic rings. The molecule has 20 heavy (non-hydrogen) atoms. The van der Waals surface area contributed by atoms with Crippen molar-refractivity contribution >= 4 is 22.6 Å². The van der Waals surface area contributed by atoms with Crippen molar-refractivity contribution in [3.63, 3.8) is 0 Å². The van der Waals surface area contributed by atoms with Gasteiger partial charge in [-0.25, -0.2) is 0 Å². The molecule has 0 aliphatic carbocycles. The number of hydrogen-bond donors (Lipinski definition) is 2. The van der Waals surface area contributed by atoms with Crippen LogP contribution in [0.4, 0.5) is 0 Å². The van der Waals surface area contributed by atoms with Gasteiger partial charge in [0.1, 0.15) is 6.73 Å². The Morgan fingerprint density at radius 1 is 1.20 bits per heavy atom. The van der Waals surface area contributed by atoms with Crippen LogP contribution in [0.1, 0.15) is 15.9 Å². The molecule has 0 aliphatic rings. The van der Waals surface area contributed by atoms with Crippen LogP contribution in [0, 0.1) is 0 Å². The van der Waals surface area contributed by atoms with Crippen molar-refractivity contribution in [1.82, 2.24) is 5.32 Å². The van der Waals surface area contributed by atoms with E-state index in [4.69, 9.17) is 10.5 Å². The molecule has 104 valence electrons. The van der Waals surface area contributed by atoms with Gasteiger partial charge in [-0.15, -0.1) is 0 Å². The topological polar surface area (TPSA) is 81.4 Å². The first kappa shape index (κ1) is 14.0. The Hall–Kier alpha value is -2.40. The van der Waals surface area contributed by atoms with Crippen molar-refractivity contribution in [1.29, 1.82) is 0 Å². The highest BCUT2D eigenvalue weighted by molar-refractivity contribution is 6.00. The number of fused-ring (bicyclic) bond motifs is 1. The number of nitrogens with two attached hydrogens (primary N) is 1. The summed E-state index contributed by atoms with van der Waals surface area (Å²) in [6.07, 6.45) is 0.0897. The Morgan fingerprint density at radius 2 is 1.85 bits per heavy atom. The first-order valence-corrected chi connectivity index (χ1v) is 6.19. The van der Waals surface area contributed by atoms with Gasteiger partial charge in [-0.1, -0.05) is 24.3 Å². The van der Waals surface area contributed by atoms with Gasteiger partial charge in [0.25, 0.3) is 0 Å².